The van der Waals surface area contributed by atoms with Gasteiger partial charge in [0.1, 0.15) is 5.60 Å². The van der Waals surface area contributed by atoms with Crippen LogP contribution in [-0.4, -0.2) is 40.5 Å². The van der Waals surface area contributed by atoms with Gasteiger partial charge >= 0.3 is 0 Å². The summed E-state index contributed by atoms with van der Waals surface area (Å²) < 4.78 is 1.69. The number of rotatable bonds is 11. The average Bonchev–Trinajstić information content (AvgIpc) is 3.02. The number of nitrogens with one attached hydrogen (secondary N) is 2. The Bertz CT molecular complexity index is 510. The summed E-state index contributed by atoms with van der Waals surface area (Å²) in [5, 5.41) is 21.5. The molecule has 0 aromatic carbocycles. The molecule has 1 rings (SSSR count). The van der Waals surface area contributed by atoms with Crippen molar-refractivity contribution in [2.45, 2.75) is 65.4 Å². The number of aromatic nitrogens is 2. The second-order valence-corrected chi connectivity index (χ2v) is 7.05. The molecular formula is C19H37N5O. The minimum absolute atomic E-state index is 0.293. The molecule has 144 valence electrons. The first-order valence-corrected chi connectivity index (χ1v) is 9.66. The van der Waals surface area contributed by atoms with Crippen molar-refractivity contribution in [2.75, 3.05) is 19.6 Å². The molecule has 6 heteroatoms. The molecule has 0 amide bonds. The lowest BCUT2D eigenvalue weighted by atomic mass is 9.97. The fraction of sp³-hybridized carbons (Fsp3) is 0.789. The monoisotopic (exact) mass is 351 g/mol. The summed E-state index contributed by atoms with van der Waals surface area (Å²) in [5.41, 5.74) is -0.247. The Morgan fingerprint density at radius 3 is 2.60 bits per heavy atom. The molecule has 0 aliphatic rings. The van der Waals surface area contributed by atoms with Crippen LogP contribution in [0.25, 0.3) is 0 Å². The Labute approximate surface area is 153 Å². The van der Waals surface area contributed by atoms with E-state index in [2.05, 4.69) is 41.5 Å². The lowest BCUT2D eigenvalue weighted by Gasteiger charge is -2.22. The van der Waals surface area contributed by atoms with Gasteiger partial charge in [0, 0.05) is 31.9 Å². The predicted molar refractivity (Wildman–Crippen MR) is 105 cm³/mol. The molecule has 0 spiro atoms. The van der Waals surface area contributed by atoms with E-state index in [1.165, 1.54) is 32.1 Å². The molecule has 0 bridgehead atoms. The average molecular weight is 352 g/mol. The van der Waals surface area contributed by atoms with Gasteiger partial charge in [0.05, 0.1) is 12.7 Å². The number of aryl methyl sites for hydroxylation is 1. The number of unbranched alkanes of at least 4 members (excludes halogenated alkanes) is 1. The van der Waals surface area contributed by atoms with E-state index in [-0.39, 0.29) is 0 Å². The molecule has 3 N–H and O–H groups in total. The first-order chi connectivity index (χ1) is 11.9. The molecule has 0 saturated carbocycles. The maximum Gasteiger partial charge on any atom is 0.191 e. The van der Waals surface area contributed by atoms with Gasteiger partial charge in [-0.05, 0) is 32.6 Å². The van der Waals surface area contributed by atoms with Crippen LogP contribution in [0.15, 0.2) is 17.4 Å². The van der Waals surface area contributed by atoms with Gasteiger partial charge in [-0.1, -0.05) is 33.1 Å². The largest absolute Gasteiger partial charge is 0.383 e. The van der Waals surface area contributed by atoms with E-state index < -0.39 is 5.60 Å². The van der Waals surface area contributed by atoms with Crippen molar-refractivity contribution in [3.05, 3.63) is 18.0 Å². The van der Waals surface area contributed by atoms with Gasteiger partial charge in [-0.3, -0.25) is 4.68 Å². The standard InChI is InChI=1S/C19H37N5O/c1-6-9-11-16(10-7-2)12-21-18(20-8-3)22-15-19(4,25)17-13-23-24(5)14-17/h13-14,16,25H,6-12,15H2,1-5H3,(H2,20,21,22). The van der Waals surface area contributed by atoms with Crippen LogP contribution < -0.4 is 10.6 Å². The summed E-state index contributed by atoms with van der Waals surface area (Å²) in [4.78, 5) is 4.59. The Morgan fingerprint density at radius 2 is 2.04 bits per heavy atom. The second kappa shape index (κ2) is 11.1. The van der Waals surface area contributed by atoms with Crippen molar-refractivity contribution in [3.8, 4) is 0 Å². The second-order valence-electron chi connectivity index (χ2n) is 7.05. The molecule has 0 aliphatic heterocycles. The minimum Gasteiger partial charge on any atom is -0.383 e. The first kappa shape index (κ1) is 21.5. The van der Waals surface area contributed by atoms with Crippen molar-refractivity contribution in [1.82, 2.24) is 20.4 Å². The maximum absolute atomic E-state index is 10.7. The van der Waals surface area contributed by atoms with Gasteiger partial charge in [-0.2, -0.15) is 5.10 Å². The van der Waals surface area contributed by atoms with Gasteiger partial charge in [-0.15, -0.1) is 0 Å². The van der Waals surface area contributed by atoms with E-state index >= 15 is 0 Å². The molecule has 6 nitrogen and oxygen atoms in total. The molecule has 25 heavy (non-hydrogen) atoms. The molecule has 2 unspecified atom stereocenters. The fourth-order valence-corrected chi connectivity index (χ4v) is 2.86. The molecule has 0 radical (unpaired) electrons. The highest BCUT2D eigenvalue weighted by Crippen LogP contribution is 2.20. The molecular weight excluding hydrogens is 314 g/mol. The minimum atomic E-state index is -1.03. The van der Waals surface area contributed by atoms with E-state index in [1.807, 2.05) is 13.2 Å². The van der Waals surface area contributed by atoms with Gasteiger partial charge in [0.2, 0.25) is 0 Å². The third-order valence-electron chi connectivity index (χ3n) is 4.44. The van der Waals surface area contributed by atoms with Crippen molar-refractivity contribution in [1.29, 1.82) is 0 Å². The summed E-state index contributed by atoms with van der Waals surface area (Å²) in [6.07, 6.45) is 9.73. The van der Waals surface area contributed by atoms with Crippen LogP contribution in [0.1, 0.15) is 65.4 Å². The van der Waals surface area contributed by atoms with Gasteiger partial charge in [-0.25, -0.2) is 4.99 Å². The Hall–Kier alpha value is -1.56. The topological polar surface area (TPSA) is 74.5 Å². The lowest BCUT2D eigenvalue weighted by Crippen LogP contribution is -2.41. The van der Waals surface area contributed by atoms with Crippen molar-refractivity contribution in [2.24, 2.45) is 18.0 Å². The summed E-state index contributed by atoms with van der Waals surface area (Å²) in [7, 11) is 1.85. The van der Waals surface area contributed by atoms with Crippen LogP contribution in [0.4, 0.5) is 0 Å². The van der Waals surface area contributed by atoms with Crippen LogP contribution in [0.2, 0.25) is 0 Å². The molecule has 0 saturated heterocycles. The third-order valence-corrected chi connectivity index (χ3v) is 4.44. The SMILES string of the molecule is CCCCC(CCC)CNC(=NCC(C)(O)c1cnn(C)c1)NCC. The number of hydrogen-bond donors (Lipinski definition) is 3. The van der Waals surface area contributed by atoms with E-state index in [9.17, 15) is 5.11 Å². The number of hydrogen-bond acceptors (Lipinski definition) is 3. The normalized spacial score (nSPS) is 15.7. The summed E-state index contributed by atoms with van der Waals surface area (Å²) in [6, 6.07) is 0. The third kappa shape index (κ3) is 7.90. The number of guanidine groups is 1. The smallest absolute Gasteiger partial charge is 0.191 e. The van der Waals surface area contributed by atoms with Gasteiger partial charge in [0.15, 0.2) is 5.96 Å². The zero-order valence-electron chi connectivity index (χ0n) is 16.7. The van der Waals surface area contributed by atoms with E-state index in [0.29, 0.717) is 12.5 Å². The maximum atomic E-state index is 10.7. The van der Waals surface area contributed by atoms with E-state index in [1.54, 1.807) is 17.8 Å². The van der Waals surface area contributed by atoms with Crippen LogP contribution >= 0.6 is 0 Å². The van der Waals surface area contributed by atoms with E-state index in [4.69, 9.17) is 0 Å². The van der Waals surface area contributed by atoms with E-state index in [0.717, 1.165) is 24.6 Å². The van der Waals surface area contributed by atoms with Crippen LogP contribution in [0.5, 0.6) is 0 Å². The van der Waals surface area contributed by atoms with Crippen molar-refractivity contribution in [3.63, 3.8) is 0 Å². The molecule has 0 fully saturated rings. The van der Waals surface area contributed by atoms with Crippen molar-refractivity contribution < 1.29 is 5.11 Å². The van der Waals surface area contributed by atoms with Gasteiger partial charge < -0.3 is 15.7 Å². The molecule has 1 heterocycles. The fourth-order valence-electron chi connectivity index (χ4n) is 2.86. The quantitative estimate of drug-likeness (QED) is 0.423. The van der Waals surface area contributed by atoms with Crippen LogP contribution in [0, 0.1) is 5.92 Å². The molecule has 0 aliphatic carbocycles. The summed E-state index contributed by atoms with van der Waals surface area (Å²) in [6.45, 7) is 10.3. The van der Waals surface area contributed by atoms with Crippen molar-refractivity contribution >= 4 is 5.96 Å². The summed E-state index contributed by atoms with van der Waals surface area (Å²) in [5.74, 6) is 1.44. The van der Waals surface area contributed by atoms with Crippen LogP contribution in [0.3, 0.4) is 0 Å². The van der Waals surface area contributed by atoms with Gasteiger partial charge in [0.25, 0.3) is 0 Å². The number of nitrogens with zero attached hydrogens (tertiary/aromatic N) is 3. The Kier molecular flexibility index (Phi) is 9.57. The number of aliphatic hydroxyl groups is 1. The highest BCUT2D eigenvalue weighted by atomic mass is 16.3. The zero-order valence-corrected chi connectivity index (χ0v) is 16.7. The zero-order chi connectivity index (χ0) is 18.7. The lowest BCUT2D eigenvalue weighted by molar-refractivity contribution is 0.0671. The number of aliphatic imine (C=N–C) groups is 1. The molecule has 1 aromatic rings. The highest BCUT2D eigenvalue weighted by molar-refractivity contribution is 5.79. The molecule has 2 atom stereocenters. The van der Waals surface area contributed by atoms with Crippen LogP contribution in [-0.2, 0) is 12.6 Å². The molecule has 1 aromatic heterocycles. The summed E-state index contributed by atoms with van der Waals surface area (Å²) >= 11 is 0. The first-order valence-electron chi connectivity index (χ1n) is 9.66. The Balaban J connectivity index is 2.65. The predicted octanol–water partition coefficient (Wildman–Crippen LogP) is 2.79. The highest BCUT2D eigenvalue weighted by Gasteiger charge is 2.24. The Morgan fingerprint density at radius 1 is 1.28 bits per heavy atom.